The van der Waals surface area contributed by atoms with E-state index in [1.807, 2.05) is 0 Å². The molecule has 18 heavy (non-hydrogen) atoms. The van der Waals surface area contributed by atoms with Crippen LogP contribution in [-0.4, -0.2) is 47.0 Å². The number of nitrogens with zero attached hydrogens (tertiary/aromatic N) is 2. The first-order valence-corrected chi connectivity index (χ1v) is 6.54. The lowest BCUT2D eigenvalue weighted by atomic mass is 10.1. The molecule has 0 bridgehead atoms. The quantitative estimate of drug-likeness (QED) is 0.678. The standard InChI is InChI=1S/C14H22N2O2/c1-2-3-8-16(10-11-17)9-6-14(18)13-5-4-7-15-12-13/h4-5,7,12,17H,2-3,6,8-11H2,1H3. The molecule has 0 spiro atoms. The average Bonchev–Trinajstić information content (AvgIpc) is 2.42. The van der Waals surface area contributed by atoms with Gasteiger partial charge in [0.25, 0.3) is 0 Å². The van der Waals surface area contributed by atoms with E-state index in [1.54, 1.807) is 24.5 Å². The number of hydrogen-bond donors (Lipinski definition) is 1. The third kappa shape index (κ3) is 5.38. The second kappa shape index (κ2) is 8.78. The zero-order valence-corrected chi connectivity index (χ0v) is 11.0. The lowest BCUT2D eigenvalue weighted by Crippen LogP contribution is -2.30. The van der Waals surface area contributed by atoms with Crippen LogP contribution in [0.15, 0.2) is 24.5 Å². The number of carbonyl (C=O) groups excluding carboxylic acids is 1. The molecule has 0 unspecified atom stereocenters. The Kier molecular flexibility index (Phi) is 7.22. The van der Waals surface area contributed by atoms with Crippen molar-refractivity contribution in [2.45, 2.75) is 26.2 Å². The molecule has 100 valence electrons. The number of aliphatic hydroxyl groups excluding tert-OH is 1. The molecule has 0 aliphatic carbocycles. The Labute approximate surface area is 109 Å². The normalized spacial score (nSPS) is 10.8. The van der Waals surface area contributed by atoms with Crippen LogP contribution in [0.4, 0.5) is 0 Å². The van der Waals surface area contributed by atoms with Gasteiger partial charge in [0, 0.05) is 37.5 Å². The van der Waals surface area contributed by atoms with Crippen LogP contribution in [0.3, 0.4) is 0 Å². The van der Waals surface area contributed by atoms with Crippen LogP contribution in [0.25, 0.3) is 0 Å². The fourth-order valence-corrected chi connectivity index (χ4v) is 1.79. The molecule has 0 aromatic carbocycles. The Balaban J connectivity index is 2.39. The molecule has 1 N–H and O–H groups in total. The molecule has 0 saturated heterocycles. The van der Waals surface area contributed by atoms with Crippen LogP contribution in [0.5, 0.6) is 0 Å². The SMILES string of the molecule is CCCCN(CCO)CCC(=O)c1cccnc1. The lowest BCUT2D eigenvalue weighted by Gasteiger charge is -2.20. The summed E-state index contributed by atoms with van der Waals surface area (Å²) in [5, 5.41) is 8.98. The molecular weight excluding hydrogens is 228 g/mol. The van der Waals surface area contributed by atoms with Crippen LogP contribution in [0.2, 0.25) is 0 Å². The highest BCUT2D eigenvalue weighted by molar-refractivity contribution is 5.95. The molecule has 4 nitrogen and oxygen atoms in total. The summed E-state index contributed by atoms with van der Waals surface area (Å²) in [6.45, 7) is 4.56. The Bertz CT molecular complexity index is 341. The number of carbonyl (C=O) groups is 1. The van der Waals surface area contributed by atoms with Crippen molar-refractivity contribution in [2.24, 2.45) is 0 Å². The van der Waals surface area contributed by atoms with Gasteiger partial charge in [-0.25, -0.2) is 0 Å². The van der Waals surface area contributed by atoms with Gasteiger partial charge >= 0.3 is 0 Å². The van der Waals surface area contributed by atoms with Gasteiger partial charge in [-0.05, 0) is 25.1 Å². The molecule has 1 rings (SSSR count). The van der Waals surface area contributed by atoms with Crippen molar-refractivity contribution in [1.82, 2.24) is 9.88 Å². The van der Waals surface area contributed by atoms with Gasteiger partial charge in [-0.3, -0.25) is 9.78 Å². The molecule has 0 fully saturated rings. The average molecular weight is 250 g/mol. The van der Waals surface area contributed by atoms with Crippen LogP contribution in [0.1, 0.15) is 36.5 Å². The molecule has 0 amide bonds. The van der Waals surface area contributed by atoms with E-state index >= 15 is 0 Å². The second-order valence-electron chi connectivity index (χ2n) is 4.33. The minimum Gasteiger partial charge on any atom is -0.395 e. The van der Waals surface area contributed by atoms with E-state index in [2.05, 4.69) is 16.8 Å². The summed E-state index contributed by atoms with van der Waals surface area (Å²) in [7, 11) is 0. The lowest BCUT2D eigenvalue weighted by molar-refractivity contribution is 0.0956. The predicted molar refractivity (Wildman–Crippen MR) is 71.6 cm³/mol. The van der Waals surface area contributed by atoms with Gasteiger partial charge in [-0.2, -0.15) is 0 Å². The zero-order valence-electron chi connectivity index (χ0n) is 11.0. The zero-order chi connectivity index (χ0) is 13.2. The maximum atomic E-state index is 11.9. The van der Waals surface area contributed by atoms with Crippen LogP contribution >= 0.6 is 0 Å². The summed E-state index contributed by atoms with van der Waals surface area (Å²) in [6.07, 6.45) is 5.97. The first kappa shape index (κ1) is 14.8. The van der Waals surface area contributed by atoms with Gasteiger partial charge in [0.1, 0.15) is 0 Å². The van der Waals surface area contributed by atoms with Crippen molar-refractivity contribution in [2.75, 3.05) is 26.2 Å². The Hall–Kier alpha value is -1.26. The molecule has 0 atom stereocenters. The number of unbranched alkanes of at least 4 members (excludes halogenated alkanes) is 1. The Morgan fingerprint density at radius 1 is 1.39 bits per heavy atom. The van der Waals surface area contributed by atoms with E-state index in [0.29, 0.717) is 25.1 Å². The third-order valence-corrected chi connectivity index (χ3v) is 2.88. The molecule has 0 aliphatic heterocycles. The van der Waals surface area contributed by atoms with Gasteiger partial charge in [-0.15, -0.1) is 0 Å². The van der Waals surface area contributed by atoms with Gasteiger partial charge < -0.3 is 10.0 Å². The number of pyridine rings is 1. The van der Waals surface area contributed by atoms with Crippen molar-refractivity contribution in [3.05, 3.63) is 30.1 Å². The fourth-order valence-electron chi connectivity index (χ4n) is 1.79. The monoisotopic (exact) mass is 250 g/mol. The number of rotatable bonds is 9. The van der Waals surface area contributed by atoms with E-state index in [9.17, 15) is 4.79 Å². The third-order valence-electron chi connectivity index (χ3n) is 2.88. The van der Waals surface area contributed by atoms with Gasteiger partial charge in [0.05, 0.1) is 6.61 Å². The number of aliphatic hydroxyl groups is 1. The first-order valence-electron chi connectivity index (χ1n) is 6.54. The van der Waals surface area contributed by atoms with Crippen molar-refractivity contribution in [3.8, 4) is 0 Å². The molecule has 4 heteroatoms. The number of hydrogen-bond acceptors (Lipinski definition) is 4. The molecule has 1 aromatic rings. The smallest absolute Gasteiger partial charge is 0.165 e. The van der Waals surface area contributed by atoms with Crippen LogP contribution < -0.4 is 0 Å². The van der Waals surface area contributed by atoms with E-state index in [-0.39, 0.29) is 12.4 Å². The maximum absolute atomic E-state index is 11.9. The highest BCUT2D eigenvalue weighted by atomic mass is 16.3. The summed E-state index contributed by atoms with van der Waals surface area (Å²) < 4.78 is 0. The minimum absolute atomic E-state index is 0.113. The summed E-state index contributed by atoms with van der Waals surface area (Å²) in [6, 6.07) is 3.56. The highest BCUT2D eigenvalue weighted by Crippen LogP contribution is 2.03. The number of Topliss-reactive ketones (excluding diaryl/α,β-unsaturated/α-hetero) is 1. The summed E-state index contributed by atoms with van der Waals surface area (Å²) >= 11 is 0. The molecule has 1 aromatic heterocycles. The fraction of sp³-hybridized carbons (Fsp3) is 0.571. The molecule has 0 saturated carbocycles. The minimum atomic E-state index is 0.113. The largest absolute Gasteiger partial charge is 0.395 e. The number of aromatic nitrogens is 1. The first-order chi connectivity index (χ1) is 8.77. The number of ketones is 1. The molecule has 0 radical (unpaired) electrons. The Morgan fingerprint density at radius 2 is 2.22 bits per heavy atom. The van der Waals surface area contributed by atoms with Crippen molar-refractivity contribution < 1.29 is 9.90 Å². The molecule has 1 heterocycles. The highest BCUT2D eigenvalue weighted by Gasteiger charge is 2.09. The predicted octanol–water partition coefficient (Wildman–Crippen LogP) is 1.75. The summed E-state index contributed by atoms with van der Waals surface area (Å²) in [5.41, 5.74) is 0.664. The maximum Gasteiger partial charge on any atom is 0.165 e. The van der Waals surface area contributed by atoms with E-state index in [1.165, 1.54) is 0 Å². The second-order valence-corrected chi connectivity index (χ2v) is 4.33. The topological polar surface area (TPSA) is 53.4 Å². The van der Waals surface area contributed by atoms with Gasteiger partial charge in [0.15, 0.2) is 5.78 Å². The van der Waals surface area contributed by atoms with Crippen LogP contribution in [0, 0.1) is 0 Å². The van der Waals surface area contributed by atoms with Crippen LogP contribution in [-0.2, 0) is 0 Å². The van der Waals surface area contributed by atoms with E-state index in [0.717, 1.165) is 19.4 Å². The van der Waals surface area contributed by atoms with Crippen molar-refractivity contribution in [3.63, 3.8) is 0 Å². The van der Waals surface area contributed by atoms with Crippen molar-refractivity contribution in [1.29, 1.82) is 0 Å². The summed E-state index contributed by atoms with van der Waals surface area (Å²) in [5.74, 6) is 0.113. The molecule has 0 aliphatic rings. The summed E-state index contributed by atoms with van der Waals surface area (Å²) in [4.78, 5) is 18.0. The van der Waals surface area contributed by atoms with Gasteiger partial charge in [0.2, 0.25) is 0 Å². The van der Waals surface area contributed by atoms with Gasteiger partial charge in [-0.1, -0.05) is 13.3 Å². The molecular formula is C14H22N2O2. The van der Waals surface area contributed by atoms with E-state index < -0.39 is 0 Å². The van der Waals surface area contributed by atoms with Crippen molar-refractivity contribution >= 4 is 5.78 Å². The Morgan fingerprint density at radius 3 is 2.83 bits per heavy atom. The van der Waals surface area contributed by atoms with E-state index in [4.69, 9.17) is 5.11 Å².